The quantitative estimate of drug-likeness (QED) is 0.0288. The lowest BCUT2D eigenvalue weighted by atomic mass is 9.88. The van der Waals surface area contributed by atoms with E-state index in [4.69, 9.17) is 0 Å². The van der Waals surface area contributed by atoms with Crippen molar-refractivity contribution in [3.05, 3.63) is 55.3 Å². The van der Waals surface area contributed by atoms with Crippen LogP contribution in [0.15, 0.2) is 12.1 Å². The summed E-state index contributed by atoms with van der Waals surface area (Å²) in [6.07, 6.45) is 43.9. The number of imide groups is 2. The summed E-state index contributed by atoms with van der Waals surface area (Å²) in [5.41, 5.74) is 4.90. The number of unbranched alkanes of at least 4 members (excludes halogenated alkanes) is 21. The van der Waals surface area contributed by atoms with Gasteiger partial charge >= 0.3 is 0 Å². The molecule has 2 aliphatic heterocycles. The topological polar surface area (TPSA) is 74.8 Å². The largest absolute Gasteiger partial charge is 0.271 e. The van der Waals surface area contributed by atoms with Crippen LogP contribution in [0.2, 0.25) is 0 Å². The van der Waals surface area contributed by atoms with E-state index in [-0.39, 0.29) is 35.7 Å². The zero-order valence-corrected chi connectivity index (χ0v) is 58.5. The summed E-state index contributed by atoms with van der Waals surface area (Å²) in [6, 6.07) is 4.55. The van der Waals surface area contributed by atoms with Gasteiger partial charge in [-0.15, -0.1) is 45.3 Å². The smallest absolute Gasteiger partial charge is 0.263 e. The number of nitrogens with zero attached hydrogens (tertiary/aromatic N) is 2. The first-order chi connectivity index (χ1) is 41.4. The summed E-state index contributed by atoms with van der Waals surface area (Å²) in [5, 5.41) is 2.74. The van der Waals surface area contributed by atoms with Crippen LogP contribution in [-0.4, -0.2) is 45.5 Å². The summed E-state index contributed by atoms with van der Waals surface area (Å²) < 4.78 is 2.78. The van der Waals surface area contributed by atoms with Crippen molar-refractivity contribution < 1.29 is 19.2 Å². The van der Waals surface area contributed by atoms with Gasteiger partial charge < -0.3 is 0 Å². The number of rotatable bonds is 45. The van der Waals surface area contributed by atoms with Crippen LogP contribution >= 0.6 is 45.3 Å². The first kappa shape index (κ1) is 69.3. The highest BCUT2D eigenvalue weighted by molar-refractivity contribution is 7.29. The van der Waals surface area contributed by atoms with Gasteiger partial charge in [0.25, 0.3) is 23.6 Å². The second-order valence-electron chi connectivity index (χ2n) is 26.2. The lowest BCUT2D eigenvalue weighted by Crippen LogP contribution is -2.40. The average Bonchev–Trinajstić information content (AvgIpc) is 1.62. The van der Waals surface area contributed by atoms with Crippen molar-refractivity contribution in [2.75, 3.05) is 0 Å². The van der Waals surface area contributed by atoms with Crippen LogP contribution in [0.25, 0.3) is 39.7 Å². The number of fused-ring (bicyclic) bond motifs is 4. The molecular weight excluding hydrogens is 1120 g/mol. The van der Waals surface area contributed by atoms with Crippen LogP contribution in [0.3, 0.4) is 0 Å². The Morgan fingerprint density at radius 1 is 0.353 bits per heavy atom. The number of aryl methyl sites for hydroxylation is 4. The number of benzene rings is 1. The predicted molar refractivity (Wildman–Crippen MR) is 372 cm³/mol. The molecule has 7 rings (SSSR count). The van der Waals surface area contributed by atoms with Gasteiger partial charge in [0.15, 0.2) is 0 Å². The molecule has 1 aromatic carbocycles. The second kappa shape index (κ2) is 35.9. The van der Waals surface area contributed by atoms with E-state index < -0.39 is 0 Å². The molecule has 0 spiro atoms. The first-order valence-corrected chi connectivity index (χ1v) is 38.7. The molecule has 3 atom stereocenters. The first-order valence-electron chi connectivity index (χ1n) is 35.5. The summed E-state index contributed by atoms with van der Waals surface area (Å²) in [6.45, 7) is 22.7. The van der Waals surface area contributed by atoms with Gasteiger partial charge in [0.2, 0.25) is 0 Å². The standard InChI is InChI=1S/C75H114N2O4S4/c1-11-19-25-29-33-37-43-56(42-36-32-28-22-14-4)76-72(78)63-53(10)83-70(64(63)73(76)79)71-66-65(74(80)77(75(66)81)57(44-38-34-30-26-20-12-2)45-39-35-31-27-21-13-3)69(85-71)62-51-61-59(49-47-55(18-8)41-24-16-6)67-60(50-52(9)82-67)58(68(61)84-62)48-46-54(17-7)40-23-15-5/h50-51,54-57H,11-49H2,1-10H3. The highest BCUT2D eigenvalue weighted by Crippen LogP contribution is 2.55. The highest BCUT2D eigenvalue weighted by Gasteiger charge is 2.49. The molecule has 3 unspecified atom stereocenters. The van der Waals surface area contributed by atoms with E-state index in [1.165, 1.54) is 195 Å². The lowest BCUT2D eigenvalue weighted by molar-refractivity contribution is 0.0546. The van der Waals surface area contributed by atoms with E-state index in [0.717, 1.165) is 117 Å². The molecule has 10 heteroatoms. The Balaban J connectivity index is 1.40. The third-order valence-corrected chi connectivity index (χ3v) is 24.6. The molecule has 4 amide bonds. The van der Waals surface area contributed by atoms with Crippen molar-refractivity contribution in [1.82, 2.24) is 9.80 Å². The van der Waals surface area contributed by atoms with Crippen LogP contribution in [0.1, 0.15) is 355 Å². The summed E-state index contributed by atoms with van der Waals surface area (Å²) in [5.74, 6) is 0.613. The normalized spacial score (nSPS) is 14.7. The summed E-state index contributed by atoms with van der Waals surface area (Å²) in [7, 11) is 0. The van der Waals surface area contributed by atoms with Crippen molar-refractivity contribution in [1.29, 1.82) is 0 Å². The Morgan fingerprint density at radius 3 is 1.13 bits per heavy atom. The fourth-order valence-electron chi connectivity index (χ4n) is 14.4. The van der Waals surface area contributed by atoms with E-state index >= 15 is 19.2 Å². The van der Waals surface area contributed by atoms with Gasteiger partial charge in [-0.1, -0.05) is 254 Å². The Morgan fingerprint density at radius 2 is 0.706 bits per heavy atom. The van der Waals surface area contributed by atoms with Crippen LogP contribution in [0.4, 0.5) is 0 Å². The van der Waals surface area contributed by atoms with Gasteiger partial charge in [-0.25, -0.2) is 0 Å². The predicted octanol–water partition coefficient (Wildman–Crippen LogP) is 25.0. The molecule has 85 heavy (non-hydrogen) atoms. The van der Waals surface area contributed by atoms with Crippen molar-refractivity contribution >= 4 is 89.1 Å². The molecule has 0 radical (unpaired) electrons. The Bertz CT molecular complexity index is 2810. The van der Waals surface area contributed by atoms with Crippen LogP contribution < -0.4 is 0 Å². The lowest BCUT2D eigenvalue weighted by Gasteiger charge is -2.27. The monoisotopic (exact) mass is 1230 g/mol. The number of amides is 4. The van der Waals surface area contributed by atoms with Gasteiger partial charge in [-0.05, 0) is 111 Å². The number of carbonyl (C=O) groups excluding carboxylic acids is 4. The van der Waals surface area contributed by atoms with Gasteiger partial charge in [0.1, 0.15) is 0 Å². The van der Waals surface area contributed by atoms with E-state index in [0.29, 0.717) is 43.8 Å². The molecule has 472 valence electrons. The Hall–Kier alpha value is -3.18. The number of carbonyl (C=O) groups is 4. The number of hydrogen-bond donors (Lipinski definition) is 0. The third kappa shape index (κ3) is 17.4. The fraction of sp³-hybridized carbons (Fsp3) is 0.707. The molecule has 0 saturated carbocycles. The average molecular weight is 1240 g/mol. The molecule has 4 aromatic heterocycles. The SMILES string of the molecule is CCCCCCCCC(CCCCCCC)N1C(=O)c2c(C)sc(-c3sc(-c4cc5c(CCC(CC)CCCC)c6sc(C)cc6c(CCC(CC)CCCC)c5s4)c4c3C(=O)N(C(CCCCCCCC)CCCCCCCC)C4=O)c2C1=O. The summed E-state index contributed by atoms with van der Waals surface area (Å²) in [4.78, 5) is 71.5. The van der Waals surface area contributed by atoms with E-state index in [1.807, 2.05) is 29.6 Å². The van der Waals surface area contributed by atoms with E-state index in [9.17, 15) is 0 Å². The molecule has 0 fully saturated rings. The minimum Gasteiger partial charge on any atom is -0.271 e. The number of hydrogen-bond acceptors (Lipinski definition) is 8. The number of thiophene rings is 4. The second-order valence-corrected chi connectivity index (χ2v) is 30.8. The van der Waals surface area contributed by atoms with Crippen molar-refractivity contribution in [3.63, 3.8) is 0 Å². The Kier molecular flexibility index (Phi) is 29.2. The van der Waals surface area contributed by atoms with E-state index in [2.05, 4.69) is 74.4 Å². The molecule has 2 aliphatic rings. The molecule has 0 bridgehead atoms. The minimum atomic E-state index is -0.203. The van der Waals surface area contributed by atoms with Crippen LogP contribution in [0, 0.1) is 25.7 Å². The summed E-state index contributed by atoms with van der Waals surface area (Å²) >= 11 is 6.86. The van der Waals surface area contributed by atoms with E-state index in [1.54, 1.807) is 21.1 Å². The molecule has 6 nitrogen and oxygen atoms in total. The van der Waals surface area contributed by atoms with Gasteiger partial charge in [-0.3, -0.25) is 29.0 Å². The maximum Gasteiger partial charge on any atom is 0.263 e. The van der Waals surface area contributed by atoms with Crippen molar-refractivity contribution in [2.24, 2.45) is 11.8 Å². The van der Waals surface area contributed by atoms with Crippen molar-refractivity contribution in [3.8, 4) is 19.5 Å². The highest BCUT2D eigenvalue weighted by atomic mass is 32.1. The molecule has 6 heterocycles. The molecule has 0 saturated heterocycles. The molecular formula is C75H114N2O4S4. The maximum atomic E-state index is 16.0. The minimum absolute atomic E-state index is 0.159. The Labute approximate surface area is 532 Å². The molecule has 0 aliphatic carbocycles. The fourth-order valence-corrected chi connectivity index (χ4v) is 19.5. The van der Waals surface area contributed by atoms with Crippen molar-refractivity contribution in [2.45, 2.75) is 332 Å². The third-order valence-electron chi connectivity index (χ3n) is 19.7. The van der Waals surface area contributed by atoms with Crippen LogP contribution in [0.5, 0.6) is 0 Å². The maximum absolute atomic E-state index is 16.0. The van der Waals surface area contributed by atoms with Crippen LogP contribution in [-0.2, 0) is 12.8 Å². The van der Waals surface area contributed by atoms with Gasteiger partial charge in [-0.2, -0.15) is 0 Å². The van der Waals surface area contributed by atoms with Gasteiger partial charge in [0, 0.05) is 36.1 Å². The van der Waals surface area contributed by atoms with Gasteiger partial charge in [0.05, 0.1) is 36.9 Å². The zero-order chi connectivity index (χ0) is 60.8. The molecule has 5 aromatic rings. The molecule has 0 N–H and O–H groups in total. The zero-order valence-electron chi connectivity index (χ0n) is 55.2.